The van der Waals surface area contributed by atoms with E-state index >= 15 is 0 Å². The third kappa shape index (κ3) is 2.33. The summed E-state index contributed by atoms with van der Waals surface area (Å²) in [6.45, 7) is 0. The molecule has 1 aliphatic rings. The molecule has 0 radical (unpaired) electrons. The summed E-state index contributed by atoms with van der Waals surface area (Å²) >= 11 is 6.31. The van der Waals surface area contributed by atoms with Gasteiger partial charge >= 0.3 is 0 Å². The van der Waals surface area contributed by atoms with Crippen molar-refractivity contribution < 1.29 is 0 Å². The molecule has 1 N–H and O–H groups in total. The Bertz CT molecular complexity index is 611. The van der Waals surface area contributed by atoms with Crippen molar-refractivity contribution in [2.24, 2.45) is 7.05 Å². The van der Waals surface area contributed by atoms with E-state index in [1.807, 2.05) is 18.2 Å². The maximum atomic E-state index is 6.31. The first kappa shape index (κ1) is 13.9. The Labute approximate surface area is 125 Å². The van der Waals surface area contributed by atoms with E-state index in [2.05, 4.69) is 24.0 Å². The number of hydrogen-bond donors (Lipinski definition) is 1. The van der Waals surface area contributed by atoms with Crippen LogP contribution in [0.4, 0.5) is 0 Å². The minimum absolute atomic E-state index is 0.208. The Hall–Kier alpha value is -1.06. The molecule has 0 aliphatic heterocycles. The number of nitrogens with one attached hydrogen (secondary N) is 1. The average Bonchev–Trinajstić information content (AvgIpc) is 2.78. The molecular weight excluding hydrogens is 270 g/mol. The number of fused-ring (bicyclic) bond motifs is 1. The second kappa shape index (κ2) is 5.38. The van der Waals surface area contributed by atoms with Gasteiger partial charge in [0.1, 0.15) is 5.82 Å². The molecule has 3 rings (SSSR count). The fourth-order valence-electron chi connectivity index (χ4n) is 3.47. The number of benzene rings is 1. The van der Waals surface area contributed by atoms with Crippen molar-refractivity contribution in [1.82, 2.24) is 14.9 Å². The van der Waals surface area contributed by atoms with Crippen LogP contribution in [0.5, 0.6) is 0 Å². The van der Waals surface area contributed by atoms with Crippen molar-refractivity contribution in [1.29, 1.82) is 0 Å². The summed E-state index contributed by atoms with van der Waals surface area (Å²) in [4.78, 5) is 4.80. The molecule has 2 aromatic rings. The molecule has 1 fully saturated rings. The van der Waals surface area contributed by atoms with Gasteiger partial charge in [-0.1, -0.05) is 36.9 Å². The second-order valence-corrected chi connectivity index (χ2v) is 6.37. The van der Waals surface area contributed by atoms with Gasteiger partial charge < -0.3 is 9.88 Å². The van der Waals surface area contributed by atoms with Crippen LogP contribution in [0.1, 0.15) is 37.9 Å². The topological polar surface area (TPSA) is 29.9 Å². The van der Waals surface area contributed by atoms with Gasteiger partial charge in [-0.2, -0.15) is 0 Å². The third-order valence-electron chi connectivity index (χ3n) is 4.78. The summed E-state index contributed by atoms with van der Waals surface area (Å²) < 4.78 is 2.16. The Morgan fingerprint density at radius 2 is 2.05 bits per heavy atom. The second-order valence-electron chi connectivity index (χ2n) is 5.96. The summed E-state index contributed by atoms with van der Waals surface area (Å²) in [5.74, 6) is 1.13. The van der Waals surface area contributed by atoms with E-state index in [9.17, 15) is 0 Å². The molecule has 1 heterocycles. The Morgan fingerprint density at radius 1 is 1.30 bits per heavy atom. The van der Waals surface area contributed by atoms with Gasteiger partial charge in [0.2, 0.25) is 0 Å². The van der Waals surface area contributed by atoms with Crippen molar-refractivity contribution in [3.8, 4) is 0 Å². The van der Waals surface area contributed by atoms with Gasteiger partial charge in [-0.3, -0.25) is 0 Å². The third-order valence-corrected chi connectivity index (χ3v) is 5.08. The van der Waals surface area contributed by atoms with Gasteiger partial charge in [0.25, 0.3) is 0 Å². The van der Waals surface area contributed by atoms with Crippen LogP contribution in [-0.2, 0) is 13.5 Å². The predicted molar refractivity (Wildman–Crippen MR) is 84.3 cm³/mol. The van der Waals surface area contributed by atoms with Gasteiger partial charge in [0, 0.05) is 19.0 Å². The zero-order chi connectivity index (χ0) is 14.2. The number of rotatable bonds is 3. The highest BCUT2D eigenvalue weighted by molar-refractivity contribution is 6.35. The Morgan fingerprint density at radius 3 is 2.70 bits per heavy atom. The quantitative estimate of drug-likeness (QED) is 0.935. The minimum Gasteiger partial charge on any atom is -0.330 e. The highest BCUT2D eigenvalue weighted by Crippen LogP contribution is 2.32. The van der Waals surface area contributed by atoms with Crippen molar-refractivity contribution in [2.45, 2.75) is 44.1 Å². The highest BCUT2D eigenvalue weighted by atomic mass is 35.5. The lowest BCUT2D eigenvalue weighted by atomic mass is 9.79. The SMILES string of the molecule is CNC1(Cc2nc3cccc(Cl)c3n2C)CCCCC1. The first-order valence-electron chi connectivity index (χ1n) is 7.44. The molecule has 0 amide bonds. The summed E-state index contributed by atoms with van der Waals surface area (Å²) in [5.41, 5.74) is 2.25. The van der Waals surface area contributed by atoms with Gasteiger partial charge in [-0.15, -0.1) is 0 Å². The van der Waals surface area contributed by atoms with Crippen molar-refractivity contribution in [3.63, 3.8) is 0 Å². The monoisotopic (exact) mass is 291 g/mol. The lowest BCUT2D eigenvalue weighted by Gasteiger charge is -2.37. The highest BCUT2D eigenvalue weighted by Gasteiger charge is 2.32. The fourth-order valence-corrected chi connectivity index (χ4v) is 3.77. The molecule has 0 spiro atoms. The van der Waals surface area contributed by atoms with Crippen molar-refractivity contribution >= 4 is 22.6 Å². The van der Waals surface area contributed by atoms with Crippen LogP contribution in [0.25, 0.3) is 11.0 Å². The van der Waals surface area contributed by atoms with Crippen LogP contribution >= 0.6 is 11.6 Å². The van der Waals surface area contributed by atoms with E-state index in [1.54, 1.807) is 0 Å². The number of aryl methyl sites for hydroxylation is 1. The number of para-hydroxylation sites is 1. The van der Waals surface area contributed by atoms with Gasteiger partial charge in [0.15, 0.2) is 0 Å². The molecule has 20 heavy (non-hydrogen) atoms. The first-order chi connectivity index (χ1) is 9.65. The Balaban J connectivity index is 1.98. The number of nitrogens with zero attached hydrogens (tertiary/aromatic N) is 2. The number of halogens is 1. The molecule has 108 valence electrons. The van der Waals surface area contributed by atoms with E-state index in [0.717, 1.165) is 28.3 Å². The summed E-state index contributed by atoms with van der Waals surface area (Å²) in [6.07, 6.45) is 7.43. The number of aromatic nitrogens is 2. The zero-order valence-corrected chi connectivity index (χ0v) is 13.0. The lowest BCUT2D eigenvalue weighted by molar-refractivity contribution is 0.240. The van der Waals surface area contributed by atoms with E-state index < -0.39 is 0 Å². The molecule has 0 unspecified atom stereocenters. The number of imidazole rings is 1. The number of likely N-dealkylation sites (N-methyl/N-ethyl adjacent to an activating group) is 1. The van der Waals surface area contributed by atoms with Crippen LogP contribution in [0.2, 0.25) is 5.02 Å². The maximum absolute atomic E-state index is 6.31. The summed E-state index contributed by atoms with van der Waals surface area (Å²) in [7, 11) is 4.16. The predicted octanol–water partition coefficient (Wildman–Crippen LogP) is 3.69. The van der Waals surface area contributed by atoms with Crippen LogP contribution in [0, 0.1) is 0 Å². The molecule has 3 nitrogen and oxygen atoms in total. The van der Waals surface area contributed by atoms with Gasteiger partial charge in [-0.05, 0) is 32.0 Å². The van der Waals surface area contributed by atoms with Gasteiger partial charge in [0.05, 0.1) is 16.1 Å². The largest absolute Gasteiger partial charge is 0.330 e. The van der Waals surface area contributed by atoms with Crippen LogP contribution in [0.3, 0.4) is 0 Å². The molecule has 0 bridgehead atoms. The van der Waals surface area contributed by atoms with Crippen LogP contribution in [0.15, 0.2) is 18.2 Å². The lowest BCUT2D eigenvalue weighted by Crippen LogP contribution is -2.47. The normalized spacial score (nSPS) is 18.6. The molecule has 0 atom stereocenters. The molecular formula is C16H22ClN3. The fraction of sp³-hybridized carbons (Fsp3) is 0.562. The first-order valence-corrected chi connectivity index (χ1v) is 7.82. The van der Waals surface area contributed by atoms with Crippen molar-refractivity contribution in [2.75, 3.05) is 7.05 Å². The molecule has 4 heteroatoms. The Kier molecular flexibility index (Phi) is 3.74. The van der Waals surface area contributed by atoms with Crippen LogP contribution < -0.4 is 5.32 Å². The molecule has 1 aromatic heterocycles. The van der Waals surface area contributed by atoms with E-state index in [-0.39, 0.29) is 5.54 Å². The molecule has 1 saturated carbocycles. The van der Waals surface area contributed by atoms with E-state index in [4.69, 9.17) is 16.6 Å². The van der Waals surface area contributed by atoms with Crippen molar-refractivity contribution in [3.05, 3.63) is 29.0 Å². The summed E-state index contributed by atoms with van der Waals surface area (Å²) in [5, 5.41) is 4.35. The average molecular weight is 292 g/mol. The molecule has 1 aliphatic carbocycles. The van der Waals surface area contributed by atoms with E-state index in [0.29, 0.717) is 0 Å². The van der Waals surface area contributed by atoms with E-state index in [1.165, 1.54) is 32.1 Å². The molecule has 0 saturated heterocycles. The minimum atomic E-state index is 0.208. The zero-order valence-electron chi connectivity index (χ0n) is 12.2. The van der Waals surface area contributed by atoms with Crippen LogP contribution in [-0.4, -0.2) is 22.1 Å². The summed E-state index contributed by atoms with van der Waals surface area (Å²) in [6, 6.07) is 5.94. The standard InChI is InChI=1S/C16H22ClN3/c1-18-16(9-4-3-5-10-16)11-14-19-13-8-6-7-12(17)15(13)20(14)2/h6-8,18H,3-5,9-11H2,1-2H3. The number of hydrogen-bond acceptors (Lipinski definition) is 2. The smallest absolute Gasteiger partial charge is 0.111 e. The van der Waals surface area contributed by atoms with Gasteiger partial charge in [-0.25, -0.2) is 4.98 Å². The maximum Gasteiger partial charge on any atom is 0.111 e. The molecule has 1 aromatic carbocycles.